The van der Waals surface area contributed by atoms with E-state index in [9.17, 15) is 4.79 Å². The summed E-state index contributed by atoms with van der Waals surface area (Å²) in [6, 6.07) is 0. The second-order valence-corrected chi connectivity index (χ2v) is 4.44. The standard InChI is InChI=1S/C11H22BrNO/c1-4-7-10(3)11(14)13(5-2)9-6-8-12/h10H,4-9H2,1-3H3. The van der Waals surface area contributed by atoms with Crippen LogP contribution in [-0.4, -0.2) is 29.2 Å². The molecule has 0 aliphatic carbocycles. The highest BCUT2D eigenvalue weighted by molar-refractivity contribution is 9.09. The number of carbonyl (C=O) groups is 1. The molecular weight excluding hydrogens is 242 g/mol. The van der Waals surface area contributed by atoms with Crippen LogP contribution < -0.4 is 0 Å². The van der Waals surface area contributed by atoms with Gasteiger partial charge in [-0.2, -0.15) is 0 Å². The SMILES string of the molecule is CCCC(C)C(=O)N(CC)CCCBr. The molecule has 0 aliphatic rings. The van der Waals surface area contributed by atoms with Crippen LogP contribution in [0.15, 0.2) is 0 Å². The fourth-order valence-electron chi connectivity index (χ4n) is 1.54. The molecule has 0 saturated heterocycles. The number of alkyl halides is 1. The molecule has 0 rings (SSSR count). The summed E-state index contributed by atoms with van der Waals surface area (Å²) in [6.07, 6.45) is 3.13. The van der Waals surface area contributed by atoms with Crippen molar-refractivity contribution in [2.75, 3.05) is 18.4 Å². The zero-order valence-corrected chi connectivity index (χ0v) is 11.1. The van der Waals surface area contributed by atoms with Crippen LogP contribution in [0.1, 0.15) is 40.0 Å². The van der Waals surface area contributed by atoms with Gasteiger partial charge in [-0.1, -0.05) is 36.2 Å². The van der Waals surface area contributed by atoms with Crippen LogP contribution in [0, 0.1) is 5.92 Å². The maximum atomic E-state index is 11.9. The van der Waals surface area contributed by atoms with Crippen molar-refractivity contribution in [3.05, 3.63) is 0 Å². The molecule has 0 aromatic heterocycles. The van der Waals surface area contributed by atoms with E-state index < -0.39 is 0 Å². The molecule has 84 valence electrons. The Labute approximate surface area is 96.2 Å². The van der Waals surface area contributed by atoms with Gasteiger partial charge in [0.25, 0.3) is 0 Å². The first-order chi connectivity index (χ1) is 6.67. The van der Waals surface area contributed by atoms with Gasteiger partial charge < -0.3 is 4.90 Å². The summed E-state index contributed by atoms with van der Waals surface area (Å²) in [5.41, 5.74) is 0. The van der Waals surface area contributed by atoms with E-state index in [0.29, 0.717) is 5.91 Å². The Hall–Kier alpha value is -0.0500. The van der Waals surface area contributed by atoms with Gasteiger partial charge in [-0.05, 0) is 19.8 Å². The molecule has 0 heterocycles. The van der Waals surface area contributed by atoms with Crippen molar-refractivity contribution in [3.8, 4) is 0 Å². The molecule has 0 fully saturated rings. The van der Waals surface area contributed by atoms with Gasteiger partial charge in [-0.3, -0.25) is 4.79 Å². The predicted molar refractivity (Wildman–Crippen MR) is 64.7 cm³/mol. The fraction of sp³-hybridized carbons (Fsp3) is 0.909. The maximum absolute atomic E-state index is 11.9. The summed E-state index contributed by atoms with van der Waals surface area (Å²) in [5, 5.41) is 0.971. The number of halogens is 1. The molecule has 1 unspecified atom stereocenters. The van der Waals surface area contributed by atoms with E-state index in [1.807, 2.05) is 18.7 Å². The van der Waals surface area contributed by atoms with Crippen molar-refractivity contribution in [3.63, 3.8) is 0 Å². The van der Waals surface area contributed by atoms with E-state index >= 15 is 0 Å². The van der Waals surface area contributed by atoms with Gasteiger partial charge >= 0.3 is 0 Å². The number of hydrogen-bond donors (Lipinski definition) is 0. The Morgan fingerprint density at radius 3 is 2.50 bits per heavy atom. The first-order valence-electron chi connectivity index (χ1n) is 5.52. The number of nitrogens with zero attached hydrogens (tertiary/aromatic N) is 1. The summed E-state index contributed by atoms with van der Waals surface area (Å²) in [7, 11) is 0. The largest absolute Gasteiger partial charge is 0.343 e. The van der Waals surface area contributed by atoms with E-state index in [2.05, 4.69) is 22.9 Å². The minimum atomic E-state index is 0.190. The molecule has 14 heavy (non-hydrogen) atoms. The first kappa shape index (κ1) is 13.9. The zero-order valence-electron chi connectivity index (χ0n) is 9.55. The highest BCUT2D eigenvalue weighted by Crippen LogP contribution is 2.10. The van der Waals surface area contributed by atoms with Crippen LogP contribution in [0.5, 0.6) is 0 Å². The van der Waals surface area contributed by atoms with E-state index in [1.165, 1.54) is 0 Å². The highest BCUT2D eigenvalue weighted by Gasteiger charge is 2.17. The van der Waals surface area contributed by atoms with Gasteiger partial charge in [0.15, 0.2) is 0 Å². The normalized spacial score (nSPS) is 12.6. The lowest BCUT2D eigenvalue weighted by Gasteiger charge is -2.23. The van der Waals surface area contributed by atoms with Crippen LogP contribution in [0.25, 0.3) is 0 Å². The number of rotatable bonds is 7. The Balaban J connectivity index is 4.01. The molecular formula is C11H22BrNO. The van der Waals surface area contributed by atoms with Crippen molar-refractivity contribution in [1.29, 1.82) is 0 Å². The van der Waals surface area contributed by atoms with Crippen LogP contribution in [0.3, 0.4) is 0 Å². The molecule has 0 spiro atoms. The second kappa shape index (κ2) is 8.27. The first-order valence-corrected chi connectivity index (χ1v) is 6.64. The molecule has 0 aromatic rings. The fourth-order valence-corrected chi connectivity index (χ4v) is 1.79. The van der Waals surface area contributed by atoms with Crippen LogP contribution in [0.4, 0.5) is 0 Å². The van der Waals surface area contributed by atoms with Crippen LogP contribution >= 0.6 is 15.9 Å². The minimum Gasteiger partial charge on any atom is -0.343 e. The van der Waals surface area contributed by atoms with E-state index in [-0.39, 0.29) is 5.92 Å². The molecule has 0 aliphatic heterocycles. The van der Waals surface area contributed by atoms with Gasteiger partial charge in [0.2, 0.25) is 5.91 Å². The molecule has 0 aromatic carbocycles. The predicted octanol–water partition coefficient (Wildman–Crippen LogP) is 3.06. The maximum Gasteiger partial charge on any atom is 0.225 e. The second-order valence-electron chi connectivity index (χ2n) is 3.65. The quantitative estimate of drug-likeness (QED) is 0.647. The lowest BCUT2D eigenvalue weighted by molar-refractivity contribution is -0.135. The Kier molecular flexibility index (Phi) is 8.24. The minimum absolute atomic E-state index is 0.190. The molecule has 0 radical (unpaired) electrons. The Morgan fingerprint density at radius 2 is 2.07 bits per heavy atom. The molecule has 2 nitrogen and oxygen atoms in total. The number of amides is 1. The lowest BCUT2D eigenvalue weighted by Crippen LogP contribution is -2.35. The van der Waals surface area contributed by atoms with Crippen molar-refractivity contribution in [1.82, 2.24) is 4.90 Å². The summed E-state index contributed by atoms with van der Waals surface area (Å²) in [4.78, 5) is 13.8. The van der Waals surface area contributed by atoms with E-state index in [1.54, 1.807) is 0 Å². The van der Waals surface area contributed by atoms with Gasteiger partial charge in [-0.25, -0.2) is 0 Å². The topological polar surface area (TPSA) is 20.3 Å². The summed E-state index contributed by atoms with van der Waals surface area (Å²) in [5.74, 6) is 0.505. The molecule has 1 atom stereocenters. The average molecular weight is 264 g/mol. The Bertz CT molecular complexity index is 161. The van der Waals surface area contributed by atoms with Crippen molar-refractivity contribution in [2.45, 2.75) is 40.0 Å². The third-order valence-electron chi connectivity index (χ3n) is 2.40. The van der Waals surface area contributed by atoms with Crippen LogP contribution in [0.2, 0.25) is 0 Å². The number of carbonyl (C=O) groups excluding carboxylic acids is 1. The van der Waals surface area contributed by atoms with Crippen molar-refractivity contribution < 1.29 is 4.79 Å². The summed E-state index contributed by atoms with van der Waals surface area (Å²) in [6.45, 7) is 7.92. The van der Waals surface area contributed by atoms with Gasteiger partial charge in [0.1, 0.15) is 0 Å². The van der Waals surface area contributed by atoms with Gasteiger partial charge in [0.05, 0.1) is 0 Å². The molecule has 3 heteroatoms. The zero-order chi connectivity index (χ0) is 11.0. The monoisotopic (exact) mass is 263 g/mol. The molecule has 1 amide bonds. The van der Waals surface area contributed by atoms with Crippen LogP contribution in [-0.2, 0) is 4.79 Å². The summed E-state index contributed by atoms with van der Waals surface area (Å²) >= 11 is 3.39. The van der Waals surface area contributed by atoms with Gasteiger partial charge in [0, 0.05) is 24.3 Å². The third-order valence-corrected chi connectivity index (χ3v) is 2.96. The summed E-state index contributed by atoms with van der Waals surface area (Å²) < 4.78 is 0. The molecule has 0 N–H and O–H groups in total. The lowest BCUT2D eigenvalue weighted by atomic mass is 10.0. The number of hydrogen-bond acceptors (Lipinski definition) is 1. The molecule has 0 bridgehead atoms. The van der Waals surface area contributed by atoms with Crippen molar-refractivity contribution >= 4 is 21.8 Å². The van der Waals surface area contributed by atoms with Gasteiger partial charge in [-0.15, -0.1) is 0 Å². The highest BCUT2D eigenvalue weighted by atomic mass is 79.9. The van der Waals surface area contributed by atoms with E-state index in [4.69, 9.17) is 0 Å². The smallest absolute Gasteiger partial charge is 0.225 e. The third kappa shape index (κ3) is 4.99. The van der Waals surface area contributed by atoms with Crippen molar-refractivity contribution in [2.24, 2.45) is 5.92 Å². The molecule has 0 saturated carbocycles. The Morgan fingerprint density at radius 1 is 1.43 bits per heavy atom. The average Bonchev–Trinajstić information content (AvgIpc) is 2.19. The van der Waals surface area contributed by atoms with E-state index in [0.717, 1.165) is 37.7 Å².